The highest BCUT2D eigenvalue weighted by Gasteiger charge is 2.23. The molecule has 0 spiro atoms. The summed E-state index contributed by atoms with van der Waals surface area (Å²) >= 11 is 0. The lowest BCUT2D eigenvalue weighted by molar-refractivity contribution is -0.144. The van der Waals surface area contributed by atoms with E-state index in [0.29, 0.717) is 25.0 Å². The van der Waals surface area contributed by atoms with Crippen molar-refractivity contribution in [1.82, 2.24) is 0 Å². The van der Waals surface area contributed by atoms with Crippen LogP contribution in [0.4, 0.5) is 0 Å². The third kappa shape index (κ3) is 3.66. The Morgan fingerprint density at radius 3 is 2.86 bits per heavy atom. The van der Waals surface area contributed by atoms with Crippen molar-refractivity contribution in [2.24, 2.45) is 5.92 Å². The third-order valence-electron chi connectivity index (χ3n) is 2.83. The van der Waals surface area contributed by atoms with Crippen LogP contribution >= 0.6 is 0 Å². The summed E-state index contributed by atoms with van der Waals surface area (Å²) < 4.78 is 10.2. The number of methoxy groups -OCH3 is 1. The summed E-state index contributed by atoms with van der Waals surface area (Å²) in [6, 6.07) is 0. The summed E-state index contributed by atoms with van der Waals surface area (Å²) in [5, 5.41) is 0. The van der Waals surface area contributed by atoms with Gasteiger partial charge in [0.15, 0.2) is 0 Å². The van der Waals surface area contributed by atoms with Gasteiger partial charge < -0.3 is 9.47 Å². The smallest absolute Gasteiger partial charge is 0.306 e. The fourth-order valence-electron chi connectivity index (χ4n) is 2.10. The fraction of sp³-hybridized carbons (Fsp3) is 0.909. The zero-order chi connectivity index (χ0) is 10.4. The Hall–Kier alpha value is -0.570. The van der Waals surface area contributed by atoms with Gasteiger partial charge in [-0.2, -0.15) is 0 Å². The number of carbonyl (C=O) groups excluding carboxylic acids is 1. The zero-order valence-electron chi connectivity index (χ0n) is 9.12. The molecule has 0 unspecified atom stereocenters. The molecule has 1 rings (SSSR count). The minimum absolute atomic E-state index is 0.0609. The first-order valence-corrected chi connectivity index (χ1v) is 5.44. The van der Waals surface area contributed by atoms with E-state index in [0.717, 1.165) is 19.3 Å². The number of rotatable bonds is 4. The molecule has 2 atom stereocenters. The molecule has 1 saturated carbocycles. The van der Waals surface area contributed by atoms with E-state index in [1.54, 1.807) is 7.11 Å². The monoisotopic (exact) mass is 200 g/mol. The lowest BCUT2D eigenvalue weighted by Gasteiger charge is -2.27. The molecule has 1 aliphatic rings. The van der Waals surface area contributed by atoms with E-state index in [1.807, 2.05) is 6.92 Å². The van der Waals surface area contributed by atoms with Crippen molar-refractivity contribution in [2.45, 2.75) is 45.1 Å². The molecule has 0 saturated heterocycles. The molecule has 3 heteroatoms. The van der Waals surface area contributed by atoms with Gasteiger partial charge in [-0.15, -0.1) is 0 Å². The summed E-state index contributed by atoms with van der Waals surface area (Å²) in [5.41, 5.74) is 0. The van der Waals surface area contributed by atoms with Crippen molar-refractivity contribution in [3.63, 3.8) is 0 Å². The molecule has 0 amide bonds. The molecule has 0 N–H and O–H groups in total. The van der Waals surface area contributed by atoms with Crippen molar-refractivity contribution < 1.29 is 14.3 Å². The molecule has 0 bridgehead atoms. The minimum atomic E-state index is -0.0609. The first-order valence-electron chi connectivity index (χ1n) is 5.44. The fourth-order valence-corrected chi connectivity index (χ4v) is 2.10. The maximum Gasteiger partial charge on any atom is 0.306 e. The molecule has 0 aromatic carbocycles. The van der Waals surface area contributed by atoms with Gasteiger partial charge in [0.1, 0.15) is 0 Å². The first-order chi connectivity index (χ1) is 6.76. The van der Waals surface area contributed by atoms with E-state index in [1.165, 1.54) is 6.42 Å². The molecular weight excluding hydrogens is 180 g/mol. The zero-order valence-corrected chi connectivity index (χ0v) is 9.12. The Bertz CT molecular complexity index is 179. The van der Waals surface area contributed by atoms with Gasteiger partial charge in [-0.05, 0) is 32.1 Å². The van der Waals surface area contributed by atoms with Crippen LogP contribution in [0.2, 0.25) is 0 Å². The van der Waals surface area contributed by atoms with Crippen molar-refractivity contribution in [2.75, 3.05) is 13.7 Å². The van der Waals surface area contributed by atoms with Crippen LogP contribution in [0.3, 0.4) is 0 Å². The van der Waals surface area contributed by atoms with Crippen LogP contribution in [-0.2, 0) is 14.3 Å². The van der Waals surface area contributed by atoms with Crippen LogP contribution in [0.1, 0.15) is 39.0 Å². The quantitative estimate of drug-likeness (QED) is 0.652. The molecule has 1 fully saturated rings. The number of hydrogen-bond acceptors (Lipinski definition) is 3. The normalized spacial score (nSPS) is 27.3. The van der Waals surface area contributed by atoms with Crippen LogP contribution in [-0.4, -0.2) is 25.8 Å². The number of hydrogen-bond donors (Lipinski definition) is 0. The highest BCUT2D eigenvalue weighted by atomic mass is 16.5. The highest BCUT2D eigenvalue weighted by molar-refractivity contribution is 5.69. The Labute approximate surface area is 85.8 Å². The summed E-state index contributed by atoms with van der Waals surface area (Å²) in [5.74, 6) is 0.405. The second kappa shape index (κ2) is 6.02. The molecule has 3 nitrogen and oxygen atoms in total. The largest absolute Gasteiger partial charge is 0.466 e. The van der Waals surface area contributed by atoms with Crippen LogP contribution < -0.4 is 0 Å². The van der Waals surface area contributed by atoms with Crippen molar-refractivity contribution in [1.29, 1.82) is 0 Å². The standard InChI is InChI=1S/C11H20O3/c1-3-14-11(12)8-9-5-4-6-10(7-9)13-2/h9-10H,3-8H2,1-2H3/t9-,10-/m0/s1. The summed E-state index contributed by atoms with van der Waals surface area (Å²) in [6.07, 6.45) is 5.36. The number of carbonyl (C=O) groups is 1. The molecule has 1 aliphatic carbocycles. The molecule has 0 radical (unpaired) electrons. The Kier molecular flexibility index (Phi) is 4.94. The maximum atomic E-state index is 11.2. The summed E-state index contributed by atoms with van der Waals surface area (Å²) in [7, 11) is 1.75. The SMILES string of the molecule is CCOC(=O)C[C@H]1CCC[C@H](OC)C1. The Morgan fingerprint density at radius 2 is 2.21 bits per heavy atom. The van der Waals surface area contributed by atoms with Gasteiger partial charge in [0, 0.05) is 13.5 Å². The molecule has 14 heavy (non-hydrogen) atoms. The minimum Gasteiger partial charge on any atom is -0.466 e. The first kappa shape index (κ1) is 11.5. The third-order valence-corrected chi connectivity index (χ3v) is 2.83. The van der Waals surface area contributed by atoms with E-state index >= 15 is 0 Å². The lowest BCUT2D eigenvalue weighted by atomic mass is 9.85. The molecule has 82 valence electrons. The summed E-state index contributed by atoms with van der Waals surface area (Å²) in [6.45, 7) is 2.33. The van der Waals surface area contributed by atoms with Gasteiger partial charge in [-0.1, -0.05) is 6.42 Å². The van der Waals surface area contributed by atoms with E-state index < -0.39 is 0 Å². The Balaban J connectivity index is 2.26. The second-order valence-electron chi connectivity index (χ2n) is 3.90. The van der Waals surface area contributed by atoms with Gasteiger partial charge in [-0.25, -0.2) is 0 Å². The Morgan fingerprint density at radius 1 is 1.43 bits per heavy atom. The van der Waals surface area contributed by atoms with Gasteiger partial charge in [0.25, 0.3) is 0 Å². The molecule has 0 heterocycles. The van der Waals surface area contributed by atoms with Crippen LogP contribution in [0.25, 0.3) is 0 Å². The summed E-state index contributed by atoms with van der Waals surface area (Å²) in [4.78, 5) is 11.2. The number of ether oxygens (including phenoxy) is 2. The molecular formula is C11H20O3. The van der Waals surface area contributed by atoms with E-state index in [2.05, 4.69) is 0 Å². The van der Waals surface area contributed by atoms with Crippen molar-refractivity contribution >= 4 is 5.97 Å². The molecule has 0 aromatic rings. The lowest BCUT2D eigenvalue weighted by Crippen LogP contribution is -2.24. The highest BCUT2D eigenvalue weighted by Crippen LogP contribution is 2.28. The average Bonchev–Trinajstić information content (AvgIpc) is 2.18. The number of esters is 1. The van der Waals surface area contributed by atoms with Gasteiger partial charge >= 0.3 is 5.97 Å². The second-order valence-corrected chi connectivity index (χ2v) is 3.90. The van der Waals surface area contributed by atoms with Gasteiger partial charge in [-0.3, -0.25) is 4.79 Å². The molecule has 0 aromatic heterocycles. The predicted molar refractivity (Wildman–Crippen MR) is 54.0 cm³/mol. The average molecular weight is 200 g/mol. The van der Waals surface area contributed by atoms with Gasteiger partial charge in [0.2, 0.25) is 0 Å². The van der Waals surface area contributed by atoms with Crippen LogP contribution in [0.5, 0.6) is 0 Å². The van der Waals surface area contributed by atoms with Crippen LogP contribution in [0.15, 0.2) is 0 Å². The van der Waals surface area contributed by atoms with Gasteiger partial charge in [0.05, 0.1) is 12.7 Å². The predicted octanol–water partition coefficient (Wildman–Crippen LogP) is 2.14. The van der Waals surface area contributed by atoms with E-state index in [-0.39, 0.29) is 5.97 Å². The van der Waals surface area contributed by atoms with E-state index in [9.17, 15) is 4.79 Å². The maximum absolute atomic E-state index is 11.2. The van der Waals surface area contributed by atoms with E-state index in [4.69, 9.17) is 9.47 Å². The van der Waals surface area contributed by atoms with Crippen LogP contribution in [0, 0.1) is 5.92 Å². The van der Waals surface area contributed by atoms with Crippen molar-refractivity contribution in [3.05, 3.63) is 0 Å². The molecule has 0 aliphatic heterocycles. The topological polar surface area (TPSA) is 35.5 Å². The van der Waals surface area contributed by atoms with Crippen molar-refractivity contribution in [3.8, 4) is 0 Å².